The molecule has 1 fully saturated rings. The van der Waals surface area contributed by atoms with Gasteiger partial charge in [0.1, 0.15) is 11.4 Å². The number of aromatic nitrogens is 2. The van der Waals surface area contributed by atoms with Crippen molar-refractivity contribution >= 4 is 27.5 Å². The van der Waals surface area contributed by atoms with Crippen LogP contribution in [-0.2, 0) is 17.8 Å². The minimum Gasteiger partial charge on any atom is -0.341 e. The molecule has 5 nitrogen and oxygen atoms in total. The van der Waals surface area contributed by atoms with Gasteiger partial charge in [-0.2, -0.15) is 0 Å². The van der Waals surface area contributed by atoms with Crippen LogP contribution in [0.15, 0.2) is 47.5 Å². The van der Waals surface area contributed by atoms with Crippen molar-refractivity contribution in [3.8, 4) is 0 Å². The van der Waals surface area contributed by atoms with Gasteiger partial charge in [-0.05, 0) is 43.7 Å². The monoisotopic (exact) mass is 381 g/mol. The number of hydrogen-bond acceptors (Lipinski definition) is 4. The van der Waals surface area contributed by atoms with E-state index in [1.165, 1.54) is 27.8 Å². The van der Waals surface area contributed by atoms with Gasteiger partial charge < -0.3 is 4.90 Å². The molecule has 3 aromatic rings. The molecular formula is C21H23N3O2S. The number of likely N-dealkylation sites (tertiary alicyclic amines) is 1. The Hall–Kier alpha value is -2.47. The van der Waals surface area contributed by atoms with Crippen molar-refractivity contribution in [2.24, 2.45) is 5.92 Å². The van der Waals surface area contributed by atoms with E-state index in [0.717, 1.165) is 42.1 Å². The van der Waals surface area contributed by atoms with Gasteiger partial charge in [-0.15, -0.1) is 11.3 Å². The van der Waals surface area contributed by atoms with Crippen molar-refractivity contribution < 1.29 is 4.79 Å². The van der Waals surface area contributed by atoms with E-state index >= 15 is 0 Å². The Bertz CT molecular complexity index is 1000. The van der Waals surface area contributed by atoms with Gasteiger partial charge >= 0.3 is 0 Å². The molecule has 1 aromatic carbocycles. The highest BCUT2D eigenvalue weighted by Gasteiger charge is 2.23. The van der Waals surface area contributed by atoms with Crippen LogP contribution in [0.2, 0.25) is 0 Å². The molecule has 140 valence electrons. The summed E-state index contributed by atoms with van der Waals surface area (Å²) in [5.74, 6) is 0.620. The van der Waals surface area contributed by atoms with Crippen LogP contribution in [0, 0.1) is 12.8 Å². The number of aryl methyl sites for hydroxylation is 1. The third-order valence-corrected chi connectivity index (χ3v) is 6.24. The van der Waals surface area contributed by atoms with E-state index in [-0.39, 0.29) is 18.0 Å². The van der Waals surface area contributed by atoms with E-state index in [1.807, 2.05) is 24.0 Å². The molecule has 0 bridgehead atoms. The number of benzene rings is 1. The molecule has 0 radical (unpaired) electrons. The summed E-state index contributed by atoms with van der Waals surface area (Å²) >= 11 is 1.50. The van der Waals surface area contributed by atoms with Gasteiger partial charge in [0.2, 0.25) is 5.91 Å². The van der Waals surface area contributed by atoms with Crippen molar-refractivity contribution in [2.45, 2.75) is 32.7 Å². The average molecular weight is 382 g/mol. The van der Waals surface area contributed by atoms with Gasteiger partial charge in [-0.1, -0.05) is 30.3 Å². The van der Waals surface area contributed by atoms with Gasteiger partial charge in [0, 0.05) is 18.0 Å². The summed E-state index contributed by atoms with van der Waals surface area (Å²) in [5.41, 5.74) is 1.23. The van der Waals surface area contributed by atoms with Crippen LogP contribution in [0.25, 0.3) is 10.2 Å². The zero-order valence-electron chi connectivity index (χ0n) is 15.4. The van der Waals surface area contributed by atoms with E-state index in [9.17, 15) is 9.59 Å². The first-order valence-electron chi connectivity index (χ1n) is 9.37. The largest absolute Gasteiger partial charge is 0.341 e. The molecule has 0 atom stereocenters. The standard InChI is InChI=1S/C21H23N3O2S/c1-15-11-18-20(27-15)22-14-24(21(18)26)13-19(25)23-9-7-17(8-10-23)12-16-5-3-2-4-6-16/h2-6,11,14,17H,7-10,12-13H2,1H3. The number of carbonyl (C=O) groups excluding carboxylic acids is 1. The van der Waals surface area contributed by atoms with E-state index in [1.54, 1.807) is 0 Å². The lowest BCUT2D eigenvalue weighted by Gasteiger charge is -2.32. The third kappa shape index (κ3) is 3.95. The zero-order valence-corrected chi connectivity index (χ0v) is 16.2. The van der Waals surface area contributed by atoms with Crippen LogP contribution >= 0.6 is 11.3 Å². The lowest BCUT2D eigenvalue weighted by Crippen LogP contribution is -2.41. The van der Waals surface area contributed by atoms with E-state index in [2.05, 4.69) is 29.2 Å². The molecule has 0 aliphatic carbocycles. The maximum absolute atomic E-state index is 12.7. The van der Waals surface area contributed by atoms with Crippen LogP contribution in [0.3, 0.4) is 0 Å². The molecular weight excluding hydrogens is 358 g/mol. The molecule has 3 heterocycles. The topological polar surface area (TPSA) is 55.2 Å². The van der Waals surface area contributed by atoms with Crippen molar-refractivity contribution in [1.82, 2.24) is 14.5 Å². The van der Waals surface area contributed by atoms with Crippen molar-refractivity contribution in [1.29, 1.82) is 0 Å². The Labute approximate surface area is 162 Å². The zero-order chi connectivity index (χ0) is 18.8. The molecule has 4 rings (SSSR count). The Morgan fingerprint density at radius 2 is 1.96 bits per heavy atom. The molecule has 0 spiro atoms. The van der Waals surface area contributed by atoms with E-state index in [4.69, 9.17) is 0 Å². The van der Waals surface area contributed by atoms with Crippen LogP contribution in [0.4, 0.5) is 0 Å². The summed E-state index contributed by atoms with van der Waals surface area (Å²) in [6.45, 7) is 3.55. The minimum atomic E-state index is -0.128. The van der Waals surface area contributed by atoms with Crippen LogP contribution < -0.4 is 5.56 Å². The number of piperidine rings is 1. The molecule has 1 saturated heterocycles. The Morgan fingerprint density at radius 3 is 2.70 bits per heavy atom. The number of nitrogens with zero attached hydrogens (tertiary/aromatic N) is 3. The first-order chi connectivity index (χ1) is 13.1. The second-order valence-electron chi connectivity index (χ2n) is 7.27. The number of carbonyl (C=O) groups is 1. The second-order valence-corrected chi connectivity index (χ2v) is 8.50. The molecule has 0 unspecified atom stereocenters. The van der Waals surface area contributed by atoms with Gasteiger partial charge in [-0.3, -0.25) is 14.2 Å². The van der Waals surface area contributed by atoms with Gasteiger partial charge in [-0.25, -0.2) is 4.98 Å². The number of hydrogen-bond donors (Lipinski definition) is 0. The van der Waals surface area contributed by atoms with E-state index in [0.29, 0.717) is 11.3 Å². The molecule has 6 heteroatoms. The fourth-order valence-electron chi connectivity index (χ4n) is 3.77. The minimum absolute atomic E-state index is 0.00311. The summed E-state index contributed by atoms with van der Waals surface area (Å²) in [4.78, 5) is 33.3. The predicted octanol–water partition coefficient (Wildman–Crippen LogP) is 3.25. The summed E-state index contributed by atoms with van der Waals surface area (Å²) in [6.07, 6.45) is 4.59. The third-order valence-electron chi connectivity index (χ3n) is 5.28. The molecule has 2 aromatic heterocycles. The molecule has 1 amide bonds. The highest BCUT2D eigenvalue weighted by Crippen LogP contribution is 2.22. The maximum atomic E-state index is 12.7. The quantitative estimate of drug-likeness (QED) is 0.697. The first-order valence-corrected chi connectivity index (χ1v) is 10.2. The Morgan fingerprint density at radius 1 is 1.22 bits per heavy atom. The van der Waals surface area contributed by atoms with Crippen LogP contribution in [0.5, 0.6) is 0 Å². The number of rotatable bonds is 4. The smallest absolute Gasteiger partial charge is 0.262 e. The van der Waals surface area contributed by atoms with Crippen LogP contribution in [0.1, 0.15) is 23.3 Å². The lowest BCUT2D eigenvalue weighted by molar-refractivity contribution is -0.133. The van der Waals surface area contributed by atoms with Gasteiger partial charge in [0.05, 0.1) is 11.7 Å². The fraction of sp³-hybridized carbons (Fsp3) is 0.381. The molecule has 27 heavy (non-hydrogen) atoms. The normalized spacial score (nSPS) is 15.4. The lowest BCUT2D eigenvalue weighted by atomic mass is 9.90. The number of amides is 1. The fourth-order valence-corrected chi connectivity index (χ4v) is 4.61. The van der Waals surface area contributed by atoms with Gasteiger partial charge in [0.25, 0.3) is 5.56 Å². The Kier molecular flexibility index (Phi) is 5.07. The molecule has 1 aliphatic rings. The predicted molar refractivity (Wildman–Crippen MR) is 108 cm³/mol. The van der Waals surface area contributed by atoms with Crippen molar-refractivity contribution in [3.05, 3.63) is 63.5 Å². The SMILES string of the molecule is Cc1cc2c(=O)n(CC(=O)N3CCC(Cc4ccccc4)CC3)cnc2s1. The summed E-state index contributed by atoms with van der Waals surface area (Å²) < 4.78 is 1.44. The van der Waals surface area contributed by atoms with Gasteiger partial charge in [0.15, 0.2) is 0 Å². The number of thiophene rings is 1. The van der Waals surface area contributed by atoms with Crippen LogP contribution in [-0.4, -0.2) is 33.4 Å². The van der Waals surface area contributed by atoms with E-state index < -0.39 is 0 Å². The second kappa shape index (κ2) is 7.64. The maximum Gasteiger partial charge on any atom is 0.262 e. The summed E-state index contributed by atoms with van der Waals surface area (Å²) in [7, 11) is 0. The Balaban J connectivity index is 1.37. The summed E-state index contributed by atoms with van der Waals surface area (Å²) in [5, 5.41) is 0.606. The molecule has 0 N–H and O–H groups in total. The molecule has 0 saturated carbocycles. The van der Waals surface area contributed by atoms with Crippen molar-refractivity contribution in [3.63, 3.8) is 0 Å². The van der Waals surface area contributed by atoms with Crippen molar-refractivity contribution in [2.75, 3.05) is 13.1 Å². The number of fused-ring (bicyclic) bond motifs is 1. The first kappa shape index (κ1) is 17.9. The molecule has 1 aliphatic heterocycles. The average Bonchev–Trinajstić information content (AvgIpc) is 3.07. The highest BCUT2D eigenvalue weighted by molar-refractivity contribution is 7.18. The summed E-state index contributed by atoms with van der Waals surface area (Å²) in [6, 6.07) is 12.4. The highest BCUT2D eigenvalue weighted by atomic mass is 32.1.